The maximum absolute atomic E-state index is 9.54. The zero-order chi connectivity index (χ0) is 14.4. The number of hydrogen-bond donors (Lipinski definition) is 1. The summed E-state index contributed by atoms with van der Waals surface area (Å²) in [4.78, 5) is 0. The van der Waals surface area contributed by atoms with Crippen LogP contribution in [0, 0.1) is 11.3 Å². The van der Waals surface area contributed by atoms with E-state index < -0.39 is 0 Å². The van der Waals surface area contributed by atoms with E-state index in [4.69, 9.17) is 0 Å². The van der Waals surface area contributed by atoms with Gasteiger partial charge >= 0.3 is 0 Å². The van der Waals surface area contributed by atoms with Gasteiger partial charge in [0.15, 0.2) is 0 Å². The van der Waals surface area contributed by atoms with Crippen LogP contribution in [0.1, 0.15) is 57.9 Å². The van der Waals surface area contributed by atoms with Gasteiger partial charge in [-0.15, -0.1) is 0 Å². The van der Waals surface area contributed by atoms with E-state index >= 15 is 0 Å². The summed E-state index contributed by atoms with van der Waals surface area (Å²) in [6.07, 6.45) is 7.05. The summed E-state index contributed by atoms with van der Waals surface area (Å²) < 4.78 is 0. The fraction of sp³-hybridized carbons (Fsp3) is 0.611. The molecule has 0 bridgehead atoms. The summed E-state index contributed by atoms with van der Waals surface area (Å²) in [6, 6.07) is 13.9. The molecular weight excluding hydrogens is 244 g/mol. The molecule has 0 aromatic heterocycles. The van der Waals surface area contributed by atoms with Gasteiger partial charge in [-0.2, -0.15) is 5.26 Å². The highest BCUT2D eigenvalue weighted by Crippen LogP contribution is 2.43. The molecule has 1 fully saturated rings. The van der Waals surface area contributed by atoms with Gasteiger partial charge in [0.25, 0.3) is 0 Å². The summed E-state index contributed by atoms with van der Waals surface area (Å²) in [5.41, 5.74) is 0.932. The van der Waals surface area contributed by atoms with Gasteiger partial charge in [0.05, 0.1) is 11.5 Å². The Balaban J connectivity index is 1.82. The number of nitrogens with zero attached hydrogens (tertiary/aromatic N) is 1. The third-order valence-electron chi connectivity index (χ3n) is 4.49. The molecule has 1 aromatic carbocycles. The van der Waals surface area contributed by atoms with Crippen LogP contribution in [-0.4, -0.2) is 12.1 Å². The lowest BCUT2D eigenvalue weighted by Crippen LogP contribution is -2.53. The Morgan fingerprint density at radius 2 is 2.00 bits per heavy atom. The highest BCUT2D eigenvalue weighted by Gasteiger charge is 2.46. The lowest BCUT2D eigenvalue weighted by molar-refractivity contribution is 0.208. The normalized spacial score (nSPS) is 26.6. The zero-order valence-corrected chi connectivity index (χ0v) is 12.7. The molecule has 1 N–H and O–H groups in total. The number of rotatable bonds is 7. The van der Waals surface area contributed by atoms with Crippen molar-refractivity contribution in [2.24, 2.45) is 0 Å². The van der Waals surface area contributed by atoms with E-state index in [9.17, 15) is 5.26 Å². The number of unbranched alkanes of at least 4 members (excludes halogenated alkanes) is 2. The van der Waals surface area contributed by atoms with Crippen LogP contribution >= 0.6 is 0 Å². The van der Waals surface area contributed by atoms with Crippen LogP contribution < -0.4 is 5.32 Å². The van der Waals surface area contributed by atoms with E-state index in [-0.39, 0.29) is 5.41 Å². The predicted octanol–water partition coefficient (Wildman–Crippen LogP) is 4.17. The Hall–Kier alpha value is -1.33. The molecule has 2 heteroatoms. The first-order valence-corrected chi connectivity index (χ1v) is 7.93. The summed E-state index contributed by atoms with van der Waals surface area (Å²) in [5, 5.41) is 13.2. The van der Waals surface area contributed by atoms with E-state index in [0.29, 0.717) is 12.1 Å². The van der Waals surface area contributed by atoms with Crippen molar-refractivity contribution in [3.8, 4) is 6.07 Å². The van der Waals surface area contributed by atoms with Crippen molar-refractivity contribution in [2.75, 3.05) is 0 Å². The van der Waals surface area contributed by atoms with Crippen molar-refractivity contribution >= 4 is 0 Å². The monoisotopic (exact) mass is 270 g/mol. The van der Waals surface area contributed by atoms with E-state index in [1.807, 2.05) is 18.2 Å². The molecular formula is C18H26N2. The predicted molar refractivity (Wildman–Crippen MR) is 83.5 cm³/mol. The van der Waals surface area contributed by atoms with Crippen LogP contribution in [0.5, 0.6) is 0 Å². The van der Waals surface area contributed by atoms with Crippen LogP contribution in [0.15, 0.2) is 30.3 Å². The van der Waals surface area contributed by atoms with Crippen molar-refractivity contribution in [1.82, 2.24) is 5.32 Å². The van der Waals surface area contributed by atoms with E-state index in [1.54, 1.807) is 0 Å². The summed E-state index contributed by atoms with van der Waals surface area (Å²) in [5.74, 6) is 0. The first-order chi connectivity index (χ1) is 9.70. The summed E-state index contributed by atoms with van der Waals surface area (Å²) >= 11 is 0. The van der Waals surface area contributed by atoms with Crippen LogP contribution in [0.4, 0.5) is 0 Å². The highest BCUT2D eigenvalue weighted by molar-refractivity contribution is 5.36. The summed E-state index contributed by atoms with van der Waals surface area (Å²) in [7, 11) is 0. The second-order valence-electron chi connectivity index (χ2n) is 6.23. The maximum Gasteiger partial charge on any atom is 0.0852 e. The SMILES string of the molecule is CCCCCC(C)NC1CC(C#N)(c2ccccc2)C1. The minimum absolute atomic E-state index is 0.248. The third-order valence-corrected chi connectivity index (χ3v) is 4.49. The molecule has 0 radical (unpaired) electrons. The molecule has 0 heterocycles. The van der Waals surface area contributed by atoms with Crippen LogP contribution in [-0.2, 0) is 5.41 Å². The van der Waals surface area contributed by atoms with Gasteiger partial charge < -0.3 is 5.32 Å². The average molecular weight is 270 g/mol. The van der Waals surface area contributed by atoms with Gasteiger partial charge in [-0.05, 0) is 31.7 Å². The molecule has 0 amide bonds. The molecule has 1 atom stereocenters. The Labute approximate surface area is 123 Å². The minimum Gasteiger partial charge on any atom is -0.311 e. The number of benzene rings is 1. The van der Waals surface area contributed by atoms with Crippen molar-refractivity contribution in [2.45, 2.75) is 69.9 Å². The van der Waals surface area contributed by atoms with Crippen molar-refractivity contribution in [3.63, 3.8) is 0 Å². The van der Waals surface area contributed by atoms with Crippen LogP contribution in [0.25, 0.3) is 0 Å². The lowest BCUT2D eigenvalue weighted by atomic mass is 9.62. The largest absolute Gasteiger partial charge is 0.311 e. The second-order valence-corrected chi connectivity index (χ2v) is 6.23. The molecule has 0 spiro atoms. The molecule has 2 rings (SSSR count). The third kappa shape index (κ3) is 3.41. The Morgan fingerprint density at radius 3 is 2.60 bits per heavy atom. The van der Waals surface area contributed by atoms with Gasteiger partial charge in [-0.3, -0.25) is 0 Å². The minimum atomic E-state index is -0.248. The Bertz CT molecular complexity index is 440. The van der Waals surface area contributed by atoms with Gasteiger partial charge in [-0.25, -0.2) is 0 Å². The molecule has 108 valence electrons. The van der Waals surface area contributed by atoms with Crippen molar-refractivity contribution < 1.29 is 0 Å². The standard InChI is InChI=1S/C18H26N2/c1-3-4-6-9-15(2)20-17-12-18(13-17,14-19)16-10-7-5-8-11-16/h5,7-8,10-11,15,17,20H,3-4,6,9,12-13H2,1-2H3. The molecule has 1 aromatic rings. The molecule has 0 aliphatic heterocycles. The zero-order valence-electron chi connectivity index (χ0n) is 12.7. The first kappa shape index (κ1) is 15.1. The smallest absolute Gasteiger partial charge is 0.0852 e. The molecule has 1 saturated carbocycles. The van der Waals surface area contributed by atoms with E-state index in [2.05, 4.69) is 37.4 Å². The number of nitriles is 1. The number of nitrogens with one attached hydrogen (secondary N) is 1. The van der Waals surface area contributed by atoms with Crippen LogP contribution in [0.3, 0.4) is 0 Å². The number of hydrogen-bond acceptors (Lipinski definition) is 2. The van der Waals surface area contributed by atoms with Gasteiger partial charge in [-0.1, -0.05) is 56.5 Å². The Morgan fingerprint density at radius 1 is 1.30 bits per heavy atom. The maximum atomic E-state index is 9.54. The molecule has 2 nitrogen and oxygen atoms in total. The molecule has 1 aliphatic rings. The van der Waals surface area contributed by atoms with Gasteiger partial charge in [0, 0.05) is 12.1 Å². The van der Waals surface area contributed by atoms with Gasteiger partial charge in [0.2, 0.25) is 0 Å². The highest BCUT2D eigenvalue weighted by atomic mass is 15.0. The van der Waals surface area contributed by atoms with E-state index in [0.717, 1.165) is 12.8 Å². The summed E-state index contributed by atoms with van der Waals surface area (Å²) in [6.45, 7) is 4.51. The fourth-order valence-corrected chi connectivity index (χ4v) is 3.23. The van der Waals surface area contributed by atoms with Crippen molar-refractivity contribution in [1.29, 1.82) is 5.26 Å². The lowest BCUT2D eigenvalue weighted by Gasteiger charge is -2.44. The molecule has 1 aliphatic carbocycles. The van der Waals surface area contributed by atoms with Gasteiger partial charge in [0.1, 0.15) is 0 Å². The van der Waals surface area contributed by atoms with Crippen LogP contribution in [0.2, 0.25) is 0 Å². The first-order valence-electron chi connectivity index (χ1n) is 7.93. The topological polar surface area (TPSA) is 35.8 Å². The Kier molecular flexibility index (Phi) is 5.20. The van der Waals surface area contributed by atoms with Crippen molar-refractivity contribution in [3.05, 3.63) is 35.9 Å². The fourth-order valence-electron chi connectivity index (χ4n) is 3.23. The van der Waals surface area contributed by atoms with E-state index in [1.165, 1.54) is 31.2 Å². The molecule has 0 saturated heterocycles. The molecule has 1 unspecified atom stereocenters. The molecule has 20 heavy (non-hydrogen) atoms. The quantitative estimate of drug-likeness (QED) is 0.755. The second kappa shape index (κ2) is 6.90. The average Bonchev–Trinajstić information content (AvgIpc) is 2.43.